The van der Waals surface area contributed by atoms with Crippen molar-refractivity contribution in [1.82, 2.24) is 14.9 Å². The maximum Gasteiger partial charge on any atom is 0.287 e. The summed E-state index contributed by atoms with van der Waals surface area (Å²) in [6.07, 6.45) is 3.64. The van der Waals surface area contributed by atoms with Crippen molar-refractivity contribution in [3.8, 4) is 0 Å². The molecule has 1 amide bonds. The highest BCUT2D eigenvalue weighted by Gasteiger charge is 2.21. The number of furan rings is 1. The first-order valence-corrected chi connectivity index (χ1v) is 7.61. The third kappa shape index (κ3) is 6.10. The predicted molar refractivity (Wildman–Crippen MR) is 96.6 cm³/mol. The van der Waals surface area contributed by atoms with Crippen LogP contribution in [0.15, 0.2) is 34.1 Å². The van der Waals surface area contributed by atoms with E-state index in [0.29, 0.717) is 18.1 Å². The number of thioether (sulfide) groups is 1. The molecule has 0 aliphatic carbocycles. The van der Waals surface area contributed by atoms with Crippen LogP contribution in [0, 0.1) is 0 Å². The molecule has 6 nitrogen and oxygen atoms in total. The number of nitrogens with two attached hydrogens (primary N) is 1. The maximum absolute atomic E-state index is 12.0. The van der Waals surface area contributed by atoms with Crippen LogP contribution in [0.5, 0.6) is 0 Å². The van der Waals surface area contributed by atoms with Crippen LogP contribution in [0.25, 0.3) is 0 Å². The van der Waals surface area contributed by atoms with Gasteiger partial charge in [0, 0.05) is 31.5 Å². The van der Waals surface area contributed by atoms with Crippen LogP contribution >= 0.6 is 36.6 Å². The zero-order valence-corrected chi connectivity index (χ0v) is 15.7. The van der Waals surface area contributed by atoms with Gasteiger partial charge in [-0.1, -0.05) is 11.8 Å². The van der Waals surface area contributed by atoms with E-state index in [4.69, 9.17) is 10.2 Å². The molecule has 23 heavy (non-hydrogen) atoms. The molecule has 0 unspecified atom stereocenters. The topological polar surface area (TPSA) is 86.1 Å². The predicted octanol–water partition coefficient (Wildman–Crippen LogP) is 2.62. The first kappa shape index (κ1) is 21.9. The van der Waals surface area contributed by atoms with Crippen molar-refractivity contribution in [3.05, 3.63) is 36.0 Å². The Kier molecular flexibility index (Phi) is 8.76. The molecule has 130 valence electrons. The summed E-state index contributed by atoms with van der Waals surface area (Å²) in [4.78, 5) is 16.3. The lowest BCUT2D eigenvalue weighted by molar-refractivity contribution is 0.0886. The number of carbonyl (C=O) groups excluding carboxylic acids is 1. The van der Waals surface area contributed by atoms with E-state index in [-0.39, 0.29) is 30.7 Å². The van der Waals surface area contributed by atoms with E-state index >= 15 is 0 Å². The van der Waals surface area contributed by atoms with Gasteiger partial charge in [0.1, 0.15) is 5.76 Å². The normalized spacial score (nSPS) is 10.6. The van der Waals surface area contributed by atoms with E-state index in [1.54, 1.807) is 30.1 Å². The minimum absolute atomic E-state index is 0. The van der Waals surface area contributed by atoms with Gasteiger partial charge in [-0.05, 0) is 26.0 Å². The summed E-state index contributed by atoms with van der Waals surface area (Å²) in [5.41, 5.74) is 5.14. The lowest BCUT2D eigenvalue weighted by Crippen LogP contribution is -2.48. The summed E-state index contributed by atoms with van der Waals surface area (Å²) in [6.45, 7) is 4.10. The molecule has 0 aromatic carbocycles. The maximum atomic E-state index is 12.0. The molecular weight excluding hydrogens is 359 g/mol. The summed E-state index contributed by atoms with van der Waals surface area (Å²) >= 11 is 1.56. The Bertz CT molecular complexity index is 628. The summed E-state index contributed by atoms with van der Waals surface area (Å²) in [5, 5.41) is 3.74. The van der Waals surface area contributed by atoms with Crippen molar-refractivity contribution in [2.45, 2.75) is 30.3 Å². The second-order valence-electron chi connectivity index (χ2n) is 5.42. The smallest absolute Gasteiger partial charge is 0.287 e. The highest BCUT2D eigenvalue weighted by atomic mass is 35.5. The number of nitrogens with zero attached hydrogens (tertiary/aromatic N) is 2. The van der Waals surface area contributed by atoms with Crippen LogP contribution in [0.4, 0.5) is 0 Å². The van der Waals surface area contributed by atoms with Gasteiger partial charge >= 0.3 is 0 Å². The SMILES string of the molecule is Cl.Cl.Cn1ccnc1SCc1ccc(C(=O)NC(C)(C)CN)o1. The molecule has 0 aliphatic rings. The van der Waals surface area contributed by atoms with Gasteiger partial charge in [-0.3, -0.25) is 4.79 Å². The van der Waals surface area contributed by atoms with E-state index in [1.165, 1.54) is 0 Å². The number of imidazole rings is 1. The second kappa shape index (κ2) is 9.22. The number of rotatable bonds is 6. The molecule has 0 fully saturated rings. The minimum atomic E-state index is -0.453. The first-order chi connectivity index (χ1) is 9.91. The van der Waals surface area contributed by atoms with E-state index in [1.807, 2.05) is 31.7 Å². The van der Waals surface area contributed by atoms with Crippen molar-refractivity contribution < 1.29 is 9.21 Å². The van der Waals surface area contributed by atoms with Crippen LogP contribution in [0.2, 0.25) is 0 Å². The molecule has 2 heterocycles. The Morgan fingerprint density at radius 1 is 1.43 bits per heavy atom. The van der Waals surface area contributed by atoms with Crippen molar-refractivity contribution in [2.75, 3.05) is 6.54 Å². The molecule has 2 rings (SSSR count). The van der Waals surface area contributed by atoms with Crippen LogP contribution < -0.4 is 11.1 Å². The summed E-state index contributed by atoms with van der Waals surface area (Å²) in [6, 6.07) is 3.48. The fourth-order valence-electron chi connectivity index (χ4n) is 1.62. The highest BCUT2D eigenvalue weighted by molar-refractivity contribution is 7.98. The fraction of sp³-hybridized carbons (Fsp3) is 0.429. The van der Waals surface area contributed by atoms with E-state index in [9.17, 15) is 4.79 Å². The van der Waals surface area contributed by atoms with Gasteiger partial charge in [0.15, 0.2) is 10.9 Å². The molecule has 0 spiro atoms. The number of hydrogen-bond acceptors (Lipinski definition) is 5. The van der Waals surface area contributed by atoms with Gasteiger partial charge in [0.05, 0.1) is 5.75 Å². The Labute approximate surface area is 152 Å². The lowest BCUT2D eigenvalue weighted by atomic mass is 10.1. The molecule has 0 radical (unpaired) electrons. The molecule has 0 atom stereocenters. The molecule has 9 heteroatoms. The average molecular weight is 381 g/mol. The van der Waals surface area contributed by atoms with E-state index in [0.717, 1.165) is 10.9 Å². The van der Waals surface area contributed by atoms with Gasteiger partial charge in [0.25, 0.3) is 5.91 Å². The quantitative estimate of drug-likeness (QED) is 0.752. The van der Waals surface area contributed by atoms with Crippen molar-refractivity contribution in [1.29, 1.82) is 0 Å². The largest absolute Gasteiger partial charge is 0.455 e. The Morgan fingerprint density at radius 3 is 2.70 bits per heavy atom. The van der Waals surface area contributed by atoms with Gasteiger partial charge in [-0.2, -0.15) is 0 Å². The molecule has 3 N–H and O–H groups in total. The van der Waals surface area contributed by atoms with Crippen LogP contribution in [-0.4, -0.2) is 27.5 Å². The second-order valence-corrected chi connectivity index (χ2v) is 6.36. The molecule has 2 aromatic heterocycles. The lowest BCUT2D eigenvalue weighted by Gasteiger charge is -2.23. The molecular formula is C14H22Cl2N4O2S. The van der Waals surface area contributed by atoms with Crippen LogP contribution in [0.3, 0.4) is 0 Å². The van der Waals surface area contributed by atoms with Gasteiger partial charge in [0.2, 0.25) is 0 Å². The number of hydrogen-bond donors (Lipinski definition) is 2. The zero-order chi connectivity index (χ0) is 15.5. The van der Waals surface area contributed by atoms with Gasteiger partial charge in [-0.25, -0.2) is 4.98 Å². The molecule has 2 aromatic rings. The monoisotopic (exact) mass is 380 g/mol. The number of aryl methyl sites for hydroxylation is 1. The van der Waals surface area contributed by atoms with Crippen LogP contribution in [-0.2, 0) is 12.8 Å². The average Bonchev–Trinajstić information content (AvgIpc) is 3.05. The summed E-state index contributed by atoms with van der Waals surface area (Å²) < 4.78 is 7.50. The third-order valence-electron chi connectivity index (χ3n) is 2.97. The van der Waals surface area contributed by atoms with E-state index in [2.05, 4.69) is 10.3 Å². The molecule has 0 bridgehead atoms. The Balaban J connectivity index is 0.00000242. The number of nitrogens with one attached hydrogen (secondary N) is 1. The summed E-state index contributed by atoms with van der Waals surface area (Å²) in [5.74, 6) is 1.41. The Hall–Kier alpha value is -1.15. The minimum Gasteiger partial charge on any atom is -0.455 e. The van der Waals surface area contributed by atoms with Crippen molar-refractivity contribution in [2.24, 2.45) is 12.8 Å². The molecule has 0 saturated carbocycles. The van der Waals surface area contributed by atoms with Crippen molar-refractivity contribution in [3.63, 3.8) is 0 Å². The molecule has 0 aliphatic heterocycles. The van der Waals surface area contributed by atoms with Crippen molar-refractivity contribution >= 4 is 42.5 Å². The number of amides is 1. The fourth-order valence-corrected chi connectivity index (χ4v) is 2.45. The number of carbonyl (C=O) groups is 1. The standard InChI is InChI=1S/C14H20N4O2S.2ClH/c1-14(2,9-15)17-12(19)11-5-4-10(20-11)8-21-13-16-6-7-18(13)3;;/h4-7H,8-9,15H2,1-3H3,(H,17,19);2*1H. The number of halogens is 2. The summed E-state index contributed by atoms with van der Waals surface area (Å²) in [7, 11) is 1.94. The van der Waals surface area contributed by atoms with Gasteiger partial charge < -0.3 is 20.0 Å². The first-order valence-electron chi connectivity index (χ1n) is 6.63. The highest BCUT2D eigenvalue weighted by Crippen LogP contribution is 2.22. The number of aromatic nitrogens is 2. The zero-order valence-electron chi connectivity index (χ0n) is 13.2. The molecule has 0 saturated heterocycles. The van der Waals surface area contributed by atoms with Gasteiger partial charge in [-0.15, -0.1) is 24.8 Å². The third-order valence-corrected chi connectivity index (χ3v) is 4.05. The Morgan fingerprint density at radius 2 is 2.13 bits per heavy atom. The van der Waals surface area contributed by atoms with Crippen LogP contribution in [0.1, 0.15) is 30.2 Å². The van der Waals surface area contributed by atoms with E-state index < -0.39 is 5.54 Å².